The van der Waals surface area contributed by atoms with Crippen LogP contribution in [-0.4, -0.2) is 52.6 Å². The lowest BCUT2D eigenvalue weighted by Gasteiger charge is -2.21. The molecule has 0 aliphatic heterocycles. The Hall–Kier alpha value is -4.60. The van der Waals surface area contributed by atoms with Crippen LogP contribution in [0.5, 0.6) is 34.5 Å². The molecule has 0 amide bonds. The van der Waals surface area contributed by atoms with Crippen LogP contribution in [-0.2, 0) is 0 Å². The van der Waals surface area contributed by atoms with Gasteiger partial charge in [0.05, 0.1) is 58.1 Å². The summed E-state index contributed by atoms with van der Waals surface area (Å²) >= 11 is 0. The SMILES string of the molecule is COc1cc(Nc2c(C(=O)O)ccc(OC(=O)c3ccccc3)c2OC)c(OC)c(OC)c1OC. The third-order valence-electron chi connectivity index (χ3n) is 5.02. The molecule has 0 bridgehead atoms. The third kappa shape index (κ3) is 5.01. The lowest BCUT2D eigenvalue weighted by atomic mass is 10.1. The monoisotopic (exact) mass is 483 g/mol. The van der Waals surface area contributed by atoms with Gasteiger partial charge in [-0.2, -0.15) is 0 Å². The van der Waals surface area contributed by atoms with Crippen molar-refractivity contribution >= 4 is 23.3 Å². The highest BCUT2D eigenvalue weighted by Crippen LogP contribution is 2.51. The predicted octanol–water partition coefficient (Wildman–Crippen LogP) is 4.39. The lowest BCUT2D eigenvalue weighted by Crippen LogP contribution is -2.12. The van der Waals surface area contributed by atoms with Crippen molar-refractivity contribution in [2.24, 2.45) is 0 Å². The first kappa shape index (κ1) is 25.0. The van der Waals surface area contributed by atoms with Crippen LogP contribution in [0.4, 0.5) is 11.4 Å². The zero-order valence-electron chi connectivity index (χ0n) is 19.8. The van der Waals surface area contributed by atoms with Crippen LogP contribution in [0.3, 0.4) is 0 Å². The molecule has 3 aromatic rings. The van der Waals surface area contributed by atoms with Crippen LogP contribution in [0.2, 0.25) is 0 Å². The average molecular weight is 483 g/mol. The quantitative estimate of drug-likeness (QED) is 0.317. The van der Waals surface area contributed by atoms with Gasteiger partial charge in [0.1, 0.15) is 0 Å². The molecule has 0 fully saturated rings. The van der Waals surface area contributed by atoms with Gasteiger partial charge >= 0.3 is 11.9 Å². The molecule has 184 valence electrons. The van der Waals surface area contributed by atoms with E-state index in [4.69, 9.17) is 28.4 Å². The van der Waals surface area contributed by atoms with Gasteiger partial charge in [0.25, 0.3) is 0 Å². The molecule has 3 aromatic carbocycles. The first-order valence-corrected chi connectivity index (χ1v) is 10.3. The maximum absolute atomic E-state index is 12.6. The van der Waals surface area contributed by atoms with E-state index in [1.165, 1.54) is 47.7 Å². The minimum Gasteiger partial charge on any atom is -0.493 e. The van der Waals surface area contributed by atoms with Crippen molar-refractivity contribution in [3.05, 3.63) is 59.7 Å². The van der Waals surface area contributed by atoms with E-state index in [0.717, 1.165) is 0 Å². The Bertz CT molecular complexity index is 1230. The summed E-state index contributed by atoms with van der Waals surface area (Å²) in [5, 5.41) is 12.8. The first-order valence-electron chi connectivity index (χ1n) is 10.3. The minimum atomic E-state index is -1.24. The van der Waals surface area contributed by atoms with Crippen LogP contribution >= 0.6 is 0 Å². The Morgan fingerprint density at radius 3 is 1.89 bits per heavy atom. The lowest BCUT2D eigenvalue weighted by molar-refractivity contribution is 0.0697. The van der Waals surface area contributed by atoms with Crippen LogP contribution in [0.25, 0.3) is 0 Å². The topological polar surface area (TPSA) is 122 Å². The van der Waals surface area contributed by atoms with Crippen molar-refractivity contribution in [2.75, 3.05) is 40.9 Å². The Morgan fingerprint density at radius 1 is 0.714 bits per heavy atom. The van der Waals surface area contributed by atoms with Gasteiger partial charge in [-0.3, -0.25) is 0 Å². The molecule has 0 saturated heterocycles. The fourth-order valence-corrected chi connectivity index (χ4v) is 3.44. The first-order chi connectivity index (χ1) is 16.9. The van der Waals surface area contributed by atoms with Gasteiger partial charge in [0.15, 0.2) is 23.0 Å². The third-order valence-corrected chi connectivity index (χ3v) is 5.02. The largest absolute Gasteiger partial charge is 0.493 e. The van der Waals surface area contributed by atoms with Gasteiger partial charge in [-0.05, 0) is 24.3 Å². The molecular formula is C25H25NO9. The van der Waals surface area contributed by atoms with Crippen molar-refractivity contribution in [1.82, 2.24) is 0 Å². The van der Waals surface area contributed by atoms with Gasteiger partial charge in [0, 0.05) is 6.07 Å². The Kier molecular flexibility index (Phi) is 7.88. The number of benzene rings is 3. The van der Waals surface area contributed by atoms with Crippen molar-refractivity contribution < 1.29 is 43.1 Å². The van der Waals surface area contributed by atoms with E-state index in [1.807, 2.05) is 0 Å². The Labute approximate surface area is 201 Å². The number of carboxylic acid groups (broad SMARTS) is 1. The van der Waals surface area contributed by atoms with Crippen molar-refractivity contribution in [3.8, 4) is 34.5 Å². The van der Waals surface area contributed by atoms with Crippen LogP contribution < -0.4 is 33.7 Å². The van der Waals surface area contributed by atoms with E-state index in [1.54, 1.807) is 36.4 Å². The van der Waals surface area contributed by atoms with E-state index in [2.05, 4.69) is 5.32 Å². The maximum Gasteiger partial charge on any atom is 0.343 e. The summed E-state index contributed by atoms with van der Waals surface area (Å²) in [6.45, 7) is 0. The highest BCUT2D eigenvalue weighted by Gasteiger charge is 2.26. The molecule has 0 unspecified atom stereocenters. The zero-order valence-corrected chi connectivity index (χ0v) is 19.8. The summed E-state index contributed by atoms with van der Waals surface area (Å²) in [6, 6.07) is 12.6. The second-order valence-electron chi connectivity index (χ2n) is 6.93. The summed E-state index contributed by atoms with van der Waals surface area (Å²) in [7, 11) is 7.07. The molecule has 3 rings (SSSR count). The number of hydrogen-bond acceptors (Lipinski definition) is 9. The number of rotatable bonds is 10. The molecule has 10 nitrogen and oxygen atoms in total. The smallest absolute Gasteiger partial charge is 0.343 e. The highest BCUT2D eigenvalue weighted by atomic mass is 16.6. The fourth-order valence-electron chi connectivity index (χ4n) is 3.44. The summed E-state index contributed by atoms with van der Waals surface area (Å²) in [6.07, 6.45) is 0. The van der Waals surface area contributed by atoms with E-state index in [-0.39, 0.29) is 45.7 Å². The predicted molar refractivity (Wildman–Crippen MR) is 127 cm³/mol. The molecule has 0 heterocycles. The summed E-state index contributed by atoms with van der Waals surface area (Å²) in [5.41, 5.74) is 0.482. The Morgan fingerprint density at radius 2 is 1.34 bits per heavy atom. The van der Waals surface area contributed by atoms with Crippen molar-refractivity contribution in [3.63, 3.8) is 0 Å². The van der Waals surface area contributed by atoms with Gasteiger partial charge in [-0.1, -0.05) is 18.2 Å². The van der Waals surface area contributed by atoms with E-state index >= 15 is 0 Å². The standard InChI is InChI=1S/C25H25NO9/c1-30-18-13-16(20(31-2)23(34-5)22(18)33-4)26-19-15(24(27)28)11-12-17(21(19)32-3)35-25(29)14-9-7-6-8-10-14/h6-13,26H,1-5H3,(H,27,28). The number of esters is 1. The summed E-state index contributed by atoms with van der Waals surface area (Å²) in [5.74, 6) is -0.843. The van der Waals surface area contributed by atoms with Gasteiger partial charge in [-0.25, -0.2) is 9.59 Å². The zero-order chi connectivity index (χ0) is 25.5. The molecule has 2 N–H and O–H groups in total. The van der Waals surface area contributed by atoms with Crippen LogP contribution in [0.15, 0.2) is 48.5 Å². The summed E-state index contributed by atoms with van der Waals surface area (Å²) in [4.78, 5) is 24.7. The molecule has 0 aliphatic rings. The van der Waals surface area contributed by atoms with Gasteiger partial charge in [0.2, 0.25) is 11.5 Å². The fraction of sp³-hybridized carbons (Fsp3) is 0.200. The second-order valence-corrected chi connectivity index (χ2v) is 6.93. The summed E-state index contributed by atoms with van der Waals surface area (Å²) < 4.78 is 32.7. The Balaban J connectivity index is 2.16. The maximum atomic E-state index is 12.6. The molecule has 0 aromatic heterocycles. The van der Waals surface area contributed by atoms with Crippen molar-refractivity contribution in [1.29, 1.82) is 0 Å². The minimum absolute atomic E-state index is 0.00927. The van der Waals surface area contributed by atoms with Gasteiger partial charge in [-0.15, -0.1) is 0 Å². The van der Waals surface area contributed by atoms with E-state index in [9.17, 15) is 14.7 Å². The molecule has 0 spiro atoms. The molecule has 0 aliphatic carbocycles. The molecule has 0 saturated carbocycles. The number of carbonyl (C=O) groups is 2. The highest BCUT2D eigenvalue weighted by molar-refractivity contribution is 5.99. The molecule has 35 heavy (non-hydrogen) atoms. The number of hydrogen-bond donors (Lipinski definition) is 2. The number of carboxylic acids is 1. The van der Waals surface area contributed by atoms with Crippen LogP contribution in [0, 0.1) is 0 Å². The number of nitrogens with one attached hydrogen (secondary N) is 1. The number of methoxy groups -OCH3 is 5. The number of aromatic carboxylic acids is 1. The normalized spacial score (nSPS) is 10.2. The number of carbonyl (C=O) groups excluding carboxylic acids is 1. The van der Waals surface area contributed by atoms with E-state index in [0.29, 0.717) is 11.3 Å². The van der Waals surface area contributed by atoms with Crippen molar-refractivity contribution in [2.45, 2.75) is 0 Å². The second kappa shape index (κ2) is 11.0. The molecular weight excluding hydrogens is 458 g/mol. The number of ether oxygens (including phenoxy) is 6. The van der Waals surface area contributed by atoms with Gasteiger partial charge < -0.3 is 38.8 Å². The molecule has 0 atom stereocenters. The number of anilines is 2. The molecule has 0 radical (unpaired) electrons. The molecule has 10 heteroatoms. The average Bonchev–Trinajstić information content (AvgIpc) is 2.88. The van der Waals surface area contributed by atoms with Crippen LogP contribution in [0.1, 0.15) is 20.7 Å². The van der Waals surface area contributed by atoms with E-state index < -0.39 is 11.9 Å².